The van der Waals surface area contributed by atoms with Gasteiger partial charge in [-0.1, -0.05) is 0 Å². The largest absolute Gasteiger partial charge is 0.573 e. The van der Waals surface area contributed by atoms with Gasteiger partial charge in [0.15, 0.2) is 33.4 Å². The molecule has 0 radical (unpaired) electrons. The van der Waals surface area contributed by atoms with E-state index < -0.39 is 58.6 Å². The Morgan fingerprint density at radius 2 is 1.76 bits per heavy atom. The molecule has 0 spiro atoms. The molecule has 0 saturated heterocycles. The number of ether oxygens (including phenoxy) is 2. The van der Waals surface area contributed by atoms with Crippen molar-refractivity contribution in [1.82, 2.24) is 10.1 Å². The fourth-order valence-electron chi connectivity index (χ4n) is 2.51. The fraction of sp³-hybridized carbons (Fsp3) is 0.111. The third-order valence-electron chi connectivity index (χ3n) is 3.82. The van der Waals surface area contributed by atoms with Gasteiger partial charge in [0.2, 0.25) is 0 Å². The second-order valence-corrected chi connectivity index (χ2v) is 6.23. The van der Waals surface area contributed by atoms with Crippen molar-refractivity contribution in [2.24, 2.45) is 0 Å². The number of carbonyl (C=O) groups excluding carboxylic acids is 1. The van der Waals surface area contributed by atoms with Gasteiger partial charge in [0.05, 0.1) is 17.3 Å². The Hall–Kier alpha value is -4.24. The van der Waals surface area contributed by atoms with Gasteiger partial charge in [-0.2, -0.15) is 13.2 Å². The number of aromatic amines is 1. The summed E-state index contributed by atoms with van der Waals surface area (Å²) in [7, 11) is 0. The van der Waals surface area contributed by atoms with Crippen LogP contribution >= 0.6 is 0 Å². The Morgan fingerprint density at radius 3 is 2.35 bits per heavy atom. The molecule has 3 aromatic rings. The Labute approximate surface area is 182 Å². The van der Waals surface area contributed by atoms with E-state index in [2.05, 4.69) is 14.8 Å². The first-order chi connectivity index (χ1) is 15.7. The molecule has 3 rings (SSSR count). The topological polar surface area (TPSA) is 99.2 Å². The van der Waals surface area contributed by atoms with Crippen LogP contribution in [-0.2, 0) is 6.18 Å². The highest BCUT2D eigenvalue weighted by Gasteiger charge is 2.39. The molecule has 16 heteroatoms. The van der Waals surface area contributed by atoms with E-state index in [9.17, 15) is 44.8 Å². The van der Waals surface area contributed by atoms with E-state index >= 15 is 0 Å². The predicted octanol–water partition coefficient (Wildman–Crippen LogP) is 4.56. The lowest BCUT2D eigenvalue weighted by Gasteiger charge is -2.15. The number of benzene rings is 1. The highest BCUT2D eigenvalue weighted by molar-refractivity contribution is 6.06. The van der Waals surface area contributed by atoms with Crippen LogP contribution in [0.15, 0.2) is 42.9 Å². The molecular formula is C18H9F8N4O4+. The van der Waals surface area contributed by atoms with Gasteiger partial charge in [0, 0.05) is 6.07 Å². The number of alkyl halides is 6. The molecule has 2 heterocycles. The molecule has 1 aromatic carbocycles. The standard InChI is InChI=1S/C18H8F8N4O4/c19-10-5-9(1-2-11(10)34-18(24,25)26)33-12-6-27-15(17(21,22)23)14(20)13(12)16(31)29-8-3-4-28-30(32)7-8/h1-7H,(H-,28,29,31,32)/p+1. The van der Waals surface area contributed by atoms with Crippen molar-refractivity contribution in [1.29, 1.82) is 0 Å². The normalized spacial score (nSPS) is 11.8. The molecular weight excluding hydrogens is 488 g/mol. The van der Waals surface area contributed by atoms with Gasteiger partial charge < -0.3 is 14.8 Å². The number of amides is 1. The van der Waals surface area contributed by atoms with Crippen LogP contribution in [0.2, 0.25) is 0 Å². The molecule has 34 heavy (non-hydrogen) atoms. The van der Waals surface area contributed by atoms with Gasteiger partial charge in [-0.25, -0.2) is 13.8 Å². The molecule has 180 valence electrons. The van der Waals surface area contributed by atoms with E-state index in [0.717, 1.165) is 24.5 Å². The van der Waals surface area contributed by atoms with Crippen LogP contribution in [0.25, 0.3) is 0 Å². The summed E-state index contributed by atoms with van der Waals surface area (Å²) in [5, 5.41) is 4.11. The van der Waals surface area contributed by atoms with Crippen LogP contribution < -0.4 is 19.3 Å². The molecule has 0 bridgehead atoms. The van der Waals surface area contributed by atoms with Crippen molar-refractivity contribution in [3.05, 3.63) is 70.7 Å². The number of rotatable bonds is 5. The van der Waals surface area contributed by atoms with E-state index in [0.29, 0.717) is 18.3 Å². The third-order valence-corrected chi connectivity index (χ3v) is 3.82. The minimum atomic E-state index is -5.32. The average molecular weight is 497 g/mol. The maximum atomic E-state index is 14.7. The second kappa shape index (κ2) is 8.95. The third kappa shape index (κ3) is 5.76. The molecule has 0 aliphatic rings. The molecule has 0 saturated carbocycles. The Morgan fingerprint density at radius 1 is 1.06 bits per heavy atom. The van der Waals surface area contributed by atoms with Crippen molar-refractivity contribution >= 4 is 11.6 Å². The zero-order valence-corrected chi connectivity index (χ0v) is 16.1. The summed E-state index contributed by atoms with van der Waals surface area (Å²) < 4.78 is 113. The van der Waals surface area contributed by atoms with Crippen LogP contribution in [0, 0.1) is 16.5 Å². The van der Waals surface area contributed by atoms with E-state index in [1.54, 1.807) is 0 Å². The predicted molar refractivity (Wildman–Crippen MR) is 94.5 cm³/mol. The number of pyridine rings is 1. The highest BCUT2D eigenvalue weighted by atomic mass is 19.4. The van der Waals surface area contributed by atoms with Gasteiger partial charge in [-0.15, -0.1) is 18.3 Å². The maximum absolute atomic E-state index is 14.7. The first-order valence-electron chi connectivity index (χ1n) is 8.65. The van der Waals surface area contributed by atoms with Gasteiger partial charge in [0.1, 0.15) is 17.0 Å². The molecule has 0 atom stereocenters. The molecule has 0 unspecified atom stereocenters. The number of nitrogens with one attached hydrogen (secondary N) is 2. The average Bonchev–Trinajstić information content (AvgIpc) is 2.68. The highest BCUT2D eigenvalue weighted by Crippen LogP contribution is 2.36. The van der Waals surface area contributed by atoms with E-state index in [-0.39, 0.29) is 10.2 Å². The molecule has 1 amide bonds. The minimum absolute atomic E-state index is 0.115. The van der Waals surface area contributed by atoms with Crippen LogP contribution in [0.4, 0.5) is 40.8 Å². The Balaban J connectivity index is 2.02. The summed E-state index contributed by atoms with van der Waals surface area (Å²) in [6, 6.07) is 2.67. The van der Waals surface area contributed by atoms with Crippen LogP contribution in [0.5, 0.6) is 17.2 Å². The number of anilines is 1. The quantitative estimate of drug-likeness (QED) is 0.398. The molecule has 8 nitrogen and oxygen atoms in total. The number of nitrogens with zero attached hydrogens (tertiary/aromatic N) is 2. The van der Waals surface area contributed by atoms with Crippen LogP contribution in [0.3, 0.4) is 0 Å². The molecule has 0 aliphatic carbocycles. The summed E-state index contributed by atoms with van der Waals surface area (Å²) in [6.07, 6.45) is -8.41. The first-order valence-corrected chi connectivity index (χ1v) is 8.65. The van der Waals surface area contributed by atoms with Crippen molar-refractivity contribution < 1.29 is 53.9 Å². The molecule has 2 N–H and O–H groups in total. The van der Waals surface area contributed by atoms with Crippen molar-refractivity contribution in [3.8, 4) is 17.2 Å². The van der Waals surface area contributed by atoms with Crippen LogP contribution in [-0.4, -0.2) is 22.4 Å². The lowest BCUT2D eigenvalue weighted by Crippen LogP contribution is -2.23. The monoisotopic (exact) mass is 497 g/mol. The summed E-state index contributed by atoms with van der Waals surface area (Å²) >= 11 is 0. The second-order valence-electron chi connectivity index (χ2n) is 6.23. The number of H-pyrrole nitrogens is 1. The van der Waals surface area contributed by atoms with Gasteiger partial charge >= 0.3 is 12.5 Å². The molecule has 0 aliphatic heterocycles. The zero-order chi connectivity index (χ0) is 25.3. The Bertz CT molecular complexity index is 1290. The molecule has 0 fully saturated rings. The lowest BCUT2D eigenvalue weighted by atomic mass is 10.1. The number of halogens is 8. The lowest BCUT2D eigenvalue weighted by molar-refractivity contribution is -0.563. The first kappa shape index (κ1) is 24.4. The van der Waals surface area contributed by atoms with Crippen molar-refractivity contribution in [2.45, 2.75) is 12.5 Å². The number of hydrogen-bond acceptors (Lipinski definition) is 5. The summed E-state index contributed by atoms with van der Waals surface area (Å²) in [6.45, 7) is 0. The smallest absolute Gasteiger partial charge is 0.455 e. The fourth-order valence-corrected chi connectivity index (χ4v) is 2.51. The van der Waals surface area contributed by atoms with E-state index in [4.69, 9.17) is 4.74 Å². The summed E-state index contributed by atoms with van der Waals surface area (Å²) in [5.74, 6) is -8.07. The van der Waals surface area contributed by atoms with Crippen LogP contribution in [0.1, 0.15) is 16.1 Å². The number of carbonyl (C=O) groups is 1. The molecule has 2 aromatic heterocycles. The SMILES string of the molecule is O=C(Nc1cc[nH][n+](=O)c1)c1c(Oc2ccc(OC(F)(F)F)c(F)c2)cnc(C(F)(F)F)c1F. The van der Waals surface area contributed by atoms with Gasteiger partial charge in [-0.3, -0.25) is 4.79 Å². The van der Waals surface area contributed by atoms with E-state index in [1.807, 2.05) is 5.32 Å². The minimum Gasteiger partial charge on any atom is -0.455 e. The summed E-state index contributed by atoms with van der Waals surface area (Å²) in [4.78, 5) is 26.7. The van der Waals surface area contributed by atoms with E-state index in [1.165, 1.54) is 0 Å². The summed E-state index contributed by atoms with van der Waals surface area (Å²) in [5.41, 5.74) is -3.66. The van der Waals surface area contributed by atoms with Gasteiger partial charge in [0.25, 0.3) is 12.1 Å². The number of aromatic nitrogens is 3. The maximum Gasteiger partial charge on any atom is 0.573 e. The van der Waals surface area contributed by atoms with Crippen molar-refractivity contribution in [2.75, 3.05) is 5.32 Å². The number of hydrogen-bond donors (Lipinski definition) is 2. The van der Waals surface area contributed by atoms with Crippen molar-refractivity contribution in [3.63, 3.8) is 0 Å². The van der Waals surface area contributed by atoms with Gasteiger partial charge in [-0.05, 0) is 18.2 Å². The Kier molecular flexibility index (Phi) is 6.42. The zero-order valence-electron chi connectivity index (χ0n) is 16.1.